The number of hydrogen-bond donors (Lipinski definition) is 1. The largest absolute Gasteiger partial charge is 0.460 e. The van der Waals surface area contributed by atoms with Gasteiger partial charge in [-0.05, 0) is 31.9 Å². The third-order valence-electron chi connectivity index (χ3n) is 2.08. The summed E-state index contributed by atoms with van der Waals surface area (Å²) in [5, 5.41) is 3.80. The Labute approximate surface area is 82.0 Å². The van der Waals surface area contributed by atoms with Gasteiger partial charge in [-0.25, -0.2) is 5.43 Å². The predicted octanol–water partition coefficient (Wildman–Crippen LogP) is 1.45. The smallest absolute Gasteiger partial charge is 0.243 e. The lowest BCUT2D eigenvalue weighted by Gasteiger charge is -1.93. The Balaban J connectivity index is 1.84. The first kappa shape index (κ1) is 8.99. The highest BCUT2D eigenvalue weighted by atomic mass is 16.3. The van der Waals surface area contributed by atoms with E-state index in [2.05, 4.69) is 10.5 Å². The molecular formula is C10H12N2O2. The Morgan fingerprint density at radius 2 is 2.43 bits per heavy atom. The number of hydrogen-bond acceptors (Lipinski definition) is 3. The summed E-state index contributed by atoms with van der Waals surface area (Å²) in [4.78, 5) is 11.1. The van der Waals surface area contributed by atoms with E-state index in [1.165, 1.54) is 6.21 Å². The number of hydrazone groups is 1. The van der Waals surface area contributed by atoms with Crippen LogP contribution in [0.3, 0.4) is 0 Å². The second-order valence-electron chi connectivity index (χ2n) is 3.46. The van der Waals surface area contributed by atoms with Crippen molar-refractivity contribution in [3.05, 3.63) is 23.7 Å². The maximum absolute atomic E-state index is 11.1. The minimum Gasteiger partial charge on any atom is -0.460 e. The van der Waals surface area contributed by atoms with Gasteiger partial charge in [-0.2, -0.15) is 5.10 Å². The van der Waals surface area contributed by atoms with Crippen molar-refractivity contribution >= 4 is 12.1 Å². The Bertz CT molecular complexity index is 364. The molecule has 1 aliphatic carbocycles. The van der Waals surface area contributed by atoms with Crippen LogP contribution in [0.1, 0.15) is 24.4 Å². The molecule has 0 spiro atoms. The fourth-order valence-electron chi connectivity index (χ4n) is 1.12. The van der Waals surface area contributed by atoms with E-state index in [0.717, 1.165) is 18.6 Å². The number of rotatable bonds is 3. The number of nitrogens with one attached hydrogen (secondary N) is 1. The minimum atomic E-state index is 0.00419. The number of carbonyl (C=O) groups is 1. The topological polar surface area (TPSA) is 54.6 Å². The lowest BCUT2D eigenvalue weighted by atomic mass is 10.4. The van der Waals surface area contributed by atoms with E-state index in [0.29, 0.717) is 5.76 Å². The summed E-state index contributed by atoms with van der Waals surface area (Å²) in [6, 6.07) is 3.66. The second-order valence-corrected chi connectivity index (χ2v) is 3.46. The highest BCUT2D eigenvalue weighted by Crippen LogP contribution is 2.28. The van der Waals surface area contributed by atoms with Crippen molar-refractivity contribution in [1.82, 2.24) is 5.43 Å². The van der Waals surface area contributed by atoms with Gasteiger partial charge in [0.25, 0.3) is 0 Å². The summed E-state index contributed by atoms with van der Waals surface area (Å²) in [7, 11) is 0. The Hall–Kier alpha value is -1.58. The van der Waals surface area contributed by atoms with Crippen LogP contribution in [0.4, 0.5) is 0 Å². The molecule has 74 valence electrons. The van der Waals surface area contributed by atoms with Crippen molar-refractivity contribution in [2.24, 2.45) is 11.0 Å². The van der Waals surface area contributed by atoms with Gasteiger partial charge >= 0.3 is 0 Å². The first-order valence-electron chi connectivity index (χ1n) is 4.65. The van der Waals surface area contributed by atoms with Crippen LogP contribution in [0.25, 0.3) is 0 Å². The molecule has 1 amide bonds. The molecule has 0 unspecified atom stereocenters. The second kappa shape index (κ2) is 3.65. The average molecular weight is 192 g/mol. The zero-order chi connectivity index (χ0) is 9.97. The van der Waals surface area contributed by atoms with Gasteiger partial charge in [0.15, 0.2) is 0 Å². The molecule has 14 heavy (non-hydrogen) atoms. The average Bonchev–Trinajstić information content (AvgIpc) is 2.92. The molecule has 1 aliphatic rings. The van der Waals surface area contributed by atoms with Crippen molar-refractivity contribution in [3.63, 3.8) is 0 Å². The molecule has 1 saturated carbocycles. The van der Waals surface area contributed by atoms with Gasteiger partial charge in [0.2, 0.25) is 5.91 Å². The predicted molar refractivity (Wildman–Crippen MR) is 51.9 cm³/mol. The molecule has 1 fully saturated rings. The van der Waals surface area contributed by atoms with Gasteiger partial charge in [0.1, 0.15) is 11.5 Å². The van der Waals surface area contributed by atoms with E-state index in [1.807, 2.05) is 19.1 Å². The van der Waals surface area contributed by atoms with Crippen LogP contribution in [-0.4, -0.2) is 12.1 Å². The molecule has 1 N–H and O–H groups in total. The van der Waals surface area contributed by atoms with Crippen molar-refractivity contribution in [2.45, 2.75) is 19.8 Å². The molecule has 0 radical (unpaired) electrons. The van der Waals surface area contributed by atoms with E-state index in [9.17, 15) is 4.79 Å². The Morgan fingerprint density at radius 3 is 3.00 bits per heavy atom. The maximum Gasteiger partial charge on any atom is 0.243 e. The Kier molecular flexibility index (Phi) is 2.35. The summed E-state index contributed by atoms with van der Waals surface area (Å²) in [6.45, 7) is 1.86. The van der Waals surface area contributed by atoms with Gasteiger partial charge < -0.3 is 4.42 Å². The molecule has 0 aromatic carbocycles. The zero-order valence-electron chi connectivity index (χ0n) is 7.99. The SMILES string of the molecule is Cc1ccc(C=NNC(=O)C2CC2)o1. The van der Waals surface area contributed by atoms with E-state index < -0.39 is 0 Å². The minimum absolute atomic E-state index is 0.00419. The molecule has 1 aromatic rings. The van der Waals surface area contributed by atoms with E-state index in [-0.39, 0.29) is 11.8 Å². The number of carbonyl (C=O) groups excluding carboxylic acids is 1. The third kappa shape index (κ3) is 2.22. The van der Waals surface area contributed by atoms with Crippen LogP contribution in [0.2, 0.25) is 0 Å². The quantitative estimate of drug-likeness (QED) is 0.582. The van der Waals surface area contributed by atoms with E-state index in [1.54, 1.807) is 0 Å². The molecule has 2 rings (SSSR count). The lowest BCUT2D eigenvalue weighted by molar-refractivity contribution is -0.122. The molecule has 0 atom stereocenters. The van der Waals surface area contributed by atoms with Crippen molar-refractivity contribution in [1.29, 1.82) is 0 Å². The summed E-state index contributed by atoms with van der Waals surface area (Å²) >= 11 is 0. The maximum atomic E-state index is 11.1. The van der Waals surface area contributed by atoms with Gasteiger partial charge in [0, 0.05) is 5.92 Å². The van der Waals surface area contributed by atoms with Gasteiger partial charge in [-0.3, -0.25) is 4.79 Å². The van der Waals surface area contributed by atoms with Crippen LogP contribution in [0, 0.1) is 12.8 Å². The van der Waals surface area contributed by atoms with Crippen LogP contribution in [0.5, 0.6) is 0 Å². The normalized spacial score (nSPS) is 16.1. The summed E-state index contributed by atoms with van der Waals surface area (Å²) in [5.74, 6) is 1.67. The first-order chi connectivity index (χ1) is 6.75. The van der Waals surface area contributed by atoms with Crippen LogP contribution >= 0.6 is 0 Å². The van der Waals surface area contributed by atoms with Gasteiger partial charge in [-0.15, -0.1) is 0 Å². The van der Waals surface area contributed by atoms with Gasteiger partial charge in [0.05, 0.1) is 6.21 Å². The molecule has 1 aromatic heterocycles. The monoisotopic (exact) mass is 192 g/mol. The van der Waals surface area contributed by atoms with E-state index in [4.69, 9.17) is 4.42 Å². The fraction of sp³-hybridized carbons (Fsp3) is 0.400. The van der Waals surface area contributed by atoms with Crippen molar-refractivity contribution < 1.29 is 9.21 Å². The van der Waals surface area contributed by atoms with Gasteiger partial charge in [-0.1, -0.05) is 0 Å². The van der Waals surface area contributed by atoms with Crippen LogP contribution in [0.15, 0.2) is 21.7 Å². The number of nitrogens with zero attached hydrogens (tertiary/aromatic N) is 1. The molecule has 0 aliphatic heterocycles. The molecular weight excluding hydrogens is 180 g/mol. The van der Waals surface area contributed by atoms with E-state index >= 15 is 0 Å². The first-order valence-corrected chi connectivity index (χ1v) is 4.65. The number of amides is 1. The lowest BCUT2D eigenvalue weighted by Crippen LogP contribution is -2.18. The summed E-state index contributed by atoms with van der Waals surface area (Å²) < 4.78 is 5.24. The fourth-order valence-corrected chi connectivity index (χ4v) is 1.12. The van der Waals surface area contributed by atoms with Crippen molar-refractivity contribution in [3.8, 4) is 0 Å². The number of furan rings is 1. The number of aryl methyl sites for hydroxylation is 1. The summed E-state index contributed by atoms with van der Waals surface area (Å²) in [6.07, 6.45) is 3.48. The molecule has 1 heterocycles. The standard InChI is InChI=1S/C10H12N2O2/c1-7-2-5-9(14-7)6-11-12-10(13)8-3-4-8/h2,5-6,8H,3-4H2,1H3,(H,12,13). The molecule has 0 saturated heterocycles. The highest BCUT2D eigenvalue weighted by Gasteiger charge is 2.29. The highest BCUT2D eigenvalue weighted by molar-refractivity contribution is 5.83. The van der Waals surface area contributed by atoms with Crippen LogP contribution < -0.4 is 5.43 Å². The Morgan fingerprint density at radius 1 is 1.64 bits per heavy atom. The summed E-state index contributed by atoms with van der Waals surface area (Å²) in [5.41, 5.74) is 2.47. The third-order valence-corrected chi connectivity index (χ3v) is 2.08. The molecule has 4 heteroatoms. The molecule has 4 nitrogen and oxygen atoms in total. The molecule has 0 bridgehead atoms. The van der Waals surface area contributed by atoms with Crippen LogP contribution in [-0.2, 0) is 4.79 Å². The van der Waals surface area contributed by atoms with Crippen molar-refractivity contribution in [2.75, 3.05) is 0 Å². The zero-order valence-corrected chi connectivity index (χ0v) is 7.99.